The summed E-state index contributed by atoms with van der Waals surface area (Å²) < 4.78 is 5.25. The molecule has 0 aliphatic rings. The zero-order valence-electron chi connectivity index (χ0n) is 9.43. The van der Waals surface area contributed by atoms with E-state index in [-0.39, 0.29) is 5.91 Å². The number of nitrogens with one attached hydrogen (secondary N) is 1. The number of nitrogens with zero attached hydrogens (tertiary/aromatic N) is 1. The lowest BCUT2D eigenvalue weighted by molar-refractivity contribution is -0.111. The molecule has 0 saturated carbocycles. The van der Waals surface area contributed by atoms with Crippen LogP contribution in [-0.4, -0.2) is 18.0 Å². The maximum Gasteiger partial charge on any atom is 0.247 e. The van der Waals surface area contributed by atoms with Crippen molar-refractivity contribution in [2.45, 2.75) is 0 Å². The van der Waals surface area contributed by atoms with Gasteiger partial charge in [-0.25, -0.2) is 0 Å². The predicted molar refractivity (Wildman–Crippen MR) is 67.1 cm³/mol. The molecular weight excluding hydrogens is 216 g/mol. The van der Waals surface area contributed by atoms with Crippen LogP contribution in [-0.2, 0) is 4.79 Å². The molecule has 1 aromatic heterocycles. The third kappa shape index (κ3) is 2.10. The van der Waals surface area contributed by atoms with E-state index < -0.39 is 0 Å². The summed E-state index contributed by atoms with van der Waals surface area (Å²) in [6, 6.07) is 5.43. The summed E-state index contributed by atoms with van der Waals surface area (Å²) in [6.45, 7) is 3.42. The second-order valence-electron chi connectivity index (χ2n) is 3.43. The number of hydrogen-bond donors (Lipinski definition) is 1. The Kier molecular flexibility index (Phi) is 3.05. The second-order valence-corrected chi connectivity index (χ2v) is 3.43. The Hall–Kier alpha value is -2.36. The van der Waals surface area contributed by atoms with E-state index in [2.05, 4.69) is 16.9 Å². The van der Waals surface area contributed by atoms with Crippen molar-refractivity contribution in [1.29, 1.82) is 0 Å². The molecular formula is C13H12N2O2. The molecule has 0 aliphatic carbocycles. The molecule has 1 heterocycles. The van der Waals surface area contributed by atoms with Crippen molar-refractivity contribution in [2.24, 2.45) is 0 Å². The average molecular weight is 228 g/mol. The number of benzene rings is 1. The van der Waals surface area contributed by atoms with E-state index in [0.717, 1.165) is 16.5 Å². The first-order chi connectivity index (χ1) is 8.26. The van der Waals surface area contributed by atoms with Crippen molar-refractivity contribution < 1.29 is 9.53 Å². The minimum Gasteiger partial charge on any atom is -0.496 e. The number of fused-ring (bicyclic) bond motifs is 1. The lowest BCUT2D eigenvalue weighted by atomic mass is 10.1. The van der Waals surface area contributed by atoms with Crippen LogP contribution < -0.4 is 10.1 Å². The Morgan fingerprint density at radius 3 is 2.94 bits per heavy atom. The van der Waals surface area contributed by atoms with Gasteiger partial charge in [0.1, 0.15) is 5.75 Å². The van der Waals surface area contributed by atoms with Crippen LogP contribution in [0, 0.1) is 0 Å². The van der Waals surface area contributed by atoms with E-state index in [9.17, 15) is 4.79 Å². The van der Waals surface area contributed by atoms with Gasteiger partial charge in [0.15, 0.2) is 0 Å². The van der Waals surface area contributed by atoms with Gasteiger partial charge in [-0.2, -0.15) is 0 Å². The van der Waals surface area contributed by atoms with E-state index in [1.54, 1.807) is 31.6 Å². The third-order valence-corrected chi connectivity index (χ3v) is 2.44. The maximum absolute atomic E-state index is 11.3. The van der Waals surface area contributed by atoms with Gasteiger partial charge in [-0.05, 0) is 24.3 Å². The van der Waals surface area contributed by atoms with Crippen LogP contribution in [0.5, 0.6) is 5.75 Å². The summed E-state index contributed by atoms with van der Waals surface area (Å²) in [5.74, 6) is 0.499. The van der Waals surface area contributed by atoms with Gasteiger partial charge in [0.2, 0.25) is 5.91 Å². The highest BCUT2D eigenvalue weighted by Crippen LogP contribution is 2.30. The molecule has 0 radical (unpaired) electrons. The van der Waals surface area contributed by atoms with Gasteiger partial charge in [0.05, 0.1) is 12.8 Å². The fourth-order valence-corrected chi connectivity index (χ4v) is 1.63. The Labute approximate surface area is 98.9 Å². The molecule has 17 heavy (non-hydrogen) atoms. The largest absolute Gasteiger partial charge is 0.496 e. The molecule has 0 atom stereocenters. The highest BCUT2D eigenvalue weighted by atomic mass is 16.5. The van der Waals surface area contributed by atoms with Crippen molar-refractivity contribution in [3.05, 3.63) is 43.2 Å². The number of anilines is 1. The maximum atomic E-state index is 11.3. The van der Waals surface area contributed by atoms with Gasteiger partial charge in [0.25, 0.3) is 0 Å². The number of carbonyl (C=O) groups is 1. The monoisotopic (exact) mass is 228 g/mol. The molecule has 86 valence electrons. The number of rotatable bonds is 3. The van der Waals surface area contributed by atoms with Crippen LogP contribution in [0.2, 0.25) is 0 Å². The van der Waals surface area contributed by atoms with Crippen molar-refractivity contribution in [3.63, 3.8) is 0 Å². The highest BCUT2D eigenvalue weighted by Gasteiger charge is 2.07. The number of ether oxygens (including phenoxy) is 1. The Balaban J connectivity index is 2.58. The average Bonchev–Trinajstić information content (AvgIpc) is 2.39. The lowest BCUT2D eigenvalue weighted by Crippen LogP contribution is -2.07. The molecule has 0 spiro atoms. The van der Waals surface area contributed by atoms with Crippen LogP contribution >= 0.6 is 0 Å². The smallest absolute Gasteiger partial charge is 0.247 e. The number of aromatic nitrogens is 1. The highest BCUT2D eigenvalue weighted by molar-refractivity contribution is 6.07. The molecule has 4 nitrogen and oxygen atoms in total. The van der Waals surface area contributed by atoms with Crippen LogP contribution in [0.4, 0.5) is 5.69 Å². The lowest BCUT2D eigenvalue weighted by Gasteiger charge is -2.10. The molecule has 1 aromatic carbocycles. The van der Waals surface area contributed by atoms with Gasteiger partial charge in [0, 0.05) is 23.2 Å². The fraction of sp³-hybridized carbons (Fsp3) is 0.0769. The first kappa shape index (κ1) is 11.1. The quantitative estimate of drug-likeness (QED) is 0.820. The first-order valence-electron chi connectivity index (χ1n) is 5.10. The molecule has 0 fully saturated rings. The topological polar surface area (TPSA) is 51.2 Å². The molecule has 0 unspecified atom stereocenters. The summed E-state index contributed by atoms with van der Waals surface area (Å²) in [6.07, 6.45) is 4.60. The van der Waals surface area contributed by atoms with Gasteiger partial charge < -0.3 is 10.1 Å². The molecule has 0 aliphatic heterocycles. The van der Waals surface area contributed by atoms with Crippen LogP contribution in [0.15, 0.2) is 43.2 Å². The minimum absolute atomic E-state index is 0.250. The number of amides is 1. The van der Waals surface area contributed by atoms with E-state index in [1.165, 1.54) is 6.08 Å². The Morgan fingerprint density at radius 2 is 2.24 bits per heavy atom. The molecule has 2 aromatic rings. The van der Waals surface area contributed by atoms with Gasteiger partial charge in [-0.15, -0.1) is 0 Å². The second kappa shape index (κ2) is 4.65. The number of methoxy groups -OCH3 is 1. The zero-order chi connectivity index (χ0) is 12.3. The van der Waals surface area contributed by atoms with E-state index >= 15 is 0 Å². The van der Waals surface area contributed by atoms with E-state index in [1.807, 2.05) is 6.07 Å². The predicted octanol–water partition coefficient (Wildman–Crippen LogP) is 2.37. The molecule has 0 bridgehead atoms. The van der Waals surface area contributed by atoms with Crippen LogP contribution in [0.1, 0.15) is 0 Å². The molecule has 0 saturated heterocycles. The minimum atomic E-state index is -0.250. The van der Waals surface area contributed by atoms with Crippen LogP contribution in [0.3, 0.4) is 0 Å². The Morgan fingerprint density at radius 1 is 1.41 bits per heavy atom. The standard InChI is InChI=1S/C13H12N2O2/c1-3-13(16)15-11-4-5-12(17-2)9-6-7-14-8-10(9)11/h3-8H,1H2,2H3,(H,15,16). The third-order valence-electron chi connectivity index (χ3n) is 2.44. The van der Waals surface area contributed by atoms with Gasteiger partial charge in [-0.3, -0.25) is 9.78 Å². The first-order valence-corrected chi connectivity index (χ1v) is 5.10. The summed E-state index contributed by atoms with van der Waals surface area (Å²) in [5, 5.41) is 4.48. The van der Waals surface area contributed by atoms with Crippen molar-refractivity contribution in [2.75, 3.05) is 12.4 Å². The molecule has 1 N–H and O–H groups in total. The number of hydrogen-bond acceptors (Lipinski definition) is 3. The molecule has 4 heteroatoms. The van der Waals surface area contributed by atoms with Gasteiger partial charge >= 0.3 is 0 Å². The van der Waals surface area contributed by atoms with Crippen molar-refractivity contribution >= 4 is 22.4 Å². The Bertz CT molecular complexity index is 579. The number of carbonyl (C=O) groups excluding carboxylic acids is 1. The SMILES string of the molecule is C=CC(=O)Nc1ccc(OC)c2ccncc12. The fourth-order valence-electron chi connectivity index (χ4n) is 1.63. The summed E-state index contributed by atoms with van der Waals surface area (Å²) in [7, 11) is 1.61. The van der Waals surface area contributed by atoms with Gasteiger partial charge in [-0.1, -0.05) is 6.58 Å². The van der Waals surface area contributed by atoms with E-state index in [0.29, 0.717) is 5.69 Å². The molecule has 1 amide bonds. The van der Waals surface area contributed by atoms with Crippen LogP contribution in [0.25, 0.3) is 10.8 Å². The van der Waals surface area contributed by atoms with Crippen molar-refractivity contribution in [3.8, 4) is 5.75 Å². The van der Waals surface area contributed by atoms with E-state index in [4.69, 9.17) is 4.74 Å². The summed E-state index contributed by atoms with van der Waals surface area (Å²) in [4.78, 5) is 15.3. The summed E-state index contributed by atoms with van der Waals surface area (Å²) in [5.41, 5.74) is 0.693. The number of pyridine rings is 1. The normalized spacial score (nSPS) is 9.94. The zero-order valence-corrected chi connectivity index (χ0v) is 9.43. The summed E-state index contributed by atoms with van der Waals surface area (Å²) >= 11 is 0. The molecule has 2 rings (SSSR count). The van der Waals surface area contributed by atoms with Crippen molar-refractivity contribution in [1.82, 2.24) is 4.98 Å².